The Hall–Kier alpha value is -2.29. The Balaban J connectivity index is 1.74. The number of ether oxygens (including phenoxy) is 2. The molecule has 0 atom stereocenters. The summed E-state index contributed by atoms with van der Waals surface area (Å²) >= 11 is 5.94. The number of hydrogen-bond donors (Lipinski definition) is 1. The van der Waals surface area contributed by atoms with E-state index in [1.165, 1.54) is 23.5 Å². The normalized spacial score (nSPS) is 15.2. The van der Waals surface area contributed by atoms with E-state index in [0.717, 1.165) is 31.2 Å². The number of nitrogens with one attached hydrogen (secondary N) is 1. The molecule has 0 radical (unpaired) electrons. The summed E-state index contributed by atoms with van der Waals surface area (Å²) in [7, 11) is -2.19. The van der Waals surface area contributed by atoms with E-state index in [9.17, 15) is 13.2 Å². The van der Waals surface area contributed by atoms with Crippen LogP contribution in [0.4, 0.5) is 5.69 Å². The molecule has 9 heteroatoms. The van der Waals surface area contributed by atoms with Crippen molar-refractivity contribution < 1.29 is 22.7 Å². The van der Waals surface area contributed by atoms with Crippen molar-refractivity contribution in [2.24, 2.45) is 0 Å². The molecule has 0 aromatic heterocycles. The first-order chi connectivity index (χ1) is 14.8. The molecule has 3 rings (SSSR count). The summed E-state index contributed by atoms with van der Waals surface area (Å²) in [6.45, 7) is 2.60. The van der Waals surface area contributed by atoms with Gasteiger partial charge in [0.15, 0.2) is 6.61 Å². The fourth-order valence-electron chi connectivity index (χ4n) is 3.48. The second-order valence-corrected chi connectivity index (χ2v) is 9.80. The molecule has 1 amide bonds. The maximum absolute atomic E-state index is 13.1. The van der Waals surface area contributed by atoms with Crippen molar-refractivity contribution in [2.75, 3.05) is 32.1 Å². The highest BCUT2D eigenvalue weighted by atomic mass is 35.5. The predicted octanol–water partition coefficient (Wildman–Crippen LogP) is 4.24. The van der Waals surface area contributed by atoms with E-state index in [0.29, 0.717) is 29.6 Å². The Labute approximate surface area is 188 Å². The molecule has 1 fully saturated rings. The standard InChI is InChI=1S/C22H27ClN2O5S/c1-16-13-17(23)7-9-20(16)30-15-22(26)24-19-14-18(8-10-21(19)29-2)31(27,28)25-11-5-3-4-6-12-25/h7-10,13-14H,3-6,11-12,15H2,1-2H3,(H,24,26). The molecular formula is C22H27ClN2O5S. The second kappa shape index (κ2) is 10.3. The minimum atomic E-state index is -3.65. The molecule has 1 aliphatic heterocycles. The number of sulfonamides is 1. The highest BCUT2D eigenvalue weighted by Gasteiger charge is 2.26. The number of aryl methyl sites for hydroxylation is 1. The Morgan fingerprint density at radius 1 is 1.06 bits per heavy atom. The zero-order chi connectivity index (χ0) is 22.4. The minimum Gasteiger partial charge on any atom is -0.495 e. The third kappa shape index (κ3) is 5.90. The van der Waals surface area contributed by atoms with E-state index < -0.39 is 15.9 Å². The molecule has 7 nitrogen and oxygen atoms in total. The second-order valence-electron chi connectivity index (χ2n) is 7.43. The molecule has 2 aromatic rings. The average Bonchev–Trinajstić information content (AvgIpc) is 3.03. The van der Waals surface area contributed by atoms with Crippen molar-refractivity contribution in [2.45, 2.75) is 37.5 Å². The topological polar surface area (TPSA) is 84.9 Å². The fourth-order valence-corrected chi connectivity index (χ4v) is 5.25. The number of hydrogen-bond acceptors (Lipinski definition) is 5. The van der Waals surface area contributed by atoms with Gasteiger partial charge in [-0.3, -0.25) is 4.79 Å². The Kier molecular flexibility index (Phi) is 7.80. The average molecular weight is 467 g/mol. The summed E-state index contributed by atoms with van der Waals surface area (Å²) < 4.78 is 38.6. The van der Waals surface area contributed by atoms with Gasteiger partial charge in [-0.2, -0.15) is 4.31 Å². The first-order valence-electron chi connectivity index (χ1n) is 10.2. The van der Waals surface area contributed by atoms with E-state index in [1.807, 2.05) is 6.92 Å². The summed E-state index contributed by atoms with van der Waals surface area (Å²) in [4.78, 5) is 12.6. The number of halogens is 1. The van der Waals surface area contributed by atoms with Crippen LogP contribution >= 0.6 is 11.6 Å². The molecule has 2 aromatic carbocycles. The van der Waals surface area contributed by atoms with Crippen molar-refractivity contribution in [1.29, 1.82) is 0 Å². The summed E-state index contributed by atoms with van der Waals surface area (Å²) in [5, 5.41) is 3.28. The largest absolute Gasteiger partial charge is 0.495 e. The first kappa shape index (κ1) is 23.4. The van der Waals surface area contributed by atoms with Gasteiger partial charge in [-0.05, 0) is 61.7 Å². The van der Waals surface area contributed by atoms with E-state index in [-0.39, 0.29) is 17.2 Å². The van der Waals surface area contributed by atoms with Gasteiger partial charge >= 0.3 is 0 Å². The number of nitrogens with zero attached hydrogens (tertiary/aromatic N) is 1. The van der Waals surface area contributed by atoms with Gasteiger partial charge in [0.25, 0.3) is 5.91 Å². The molecule has 31 heavy (non-hydrogen) atoms. The molecule has 0 spiro atoms. The molecule has 0 bridgehead atoms. The highest BCUT2D eigenvalue weighted by Crippen LogP contribution is 2.30. The first-order valence-corrected chi connectivity index (χ1v) is 12.0. The van der Waals surface area contributed by atoms with Gasteiger partial charge in [0.1, 0.15) is 11.5 Å². The molecule has 1 N–H and O–H groups in total. The number of methoxy groups -OCH3 is 1. The zero-order valence-electron chi connectivity index (χ0n) is 17.7. The maximum atomic E-state index is 13.1. The van der Waals surface area contributed by atoms with Crippen LogP contribution in [-0.2, 0) is 14.8 Å². The van der Waals surface area contributed by atoms with Gasteiger partial charge in [-0.1, -0.05) is 24.4 Å². The van der Waals surface area contributed by atoms with Crippen LogP contribution in [0, 0.1) is 6.92 Å². The van der Waals surface area contributed by atoms with E-state index in [2.05, 4.69) is 5.32 Å². The number of anilines is 1. The quantitative estimate of drug-likeness (QED) is 0.659. The fraction of sp³-hybridized carbons (Fsp3) is 0.409. The van der Waals surface area contributed by atoms with E-state index in [4.69, 9.17) is 21.1 Å². The number of rotatable bonds is 7. The summed E-state index contributed by atoms with van der Waals surface area (Å²) in [6.07, 6.45) is 3.76. The lowest BCUT2D eigenvalue weighted by atomic mass is 10.2. The van der Waals surface area contributed by atoms with Gasteiger partial charge in [-0.15, -0.1) is 0 Å². The molecule has 168 valence electrons. The van der Waals surface area contributed by atoms with Gasteiger partial charge < -0.3 is 14.8 Å². The Bertz CT molecular complexity index is 1030. The highest BCUT2D eigenvalue weighted by molar-refractivity contribution is 7.89. The molecule has 1 aliphatic rings. The molecule has 0 saturated carbocycles. The molecule has 0 aliphatic carbocycles. The van der Waals surface area contributed by atoms with Gasteiger partial charge in [0.05, 0.1) is 17.7 Å². The lowest BCUT2D eigenvalue weighted by Gasteiger charge is -2.21. The molecule has 0 unspecified atom stereocenters. The smallest absolute Gasteiger partial charge is 0.262 e. The van der Waals surface area contributed by atoms with Crippen LogP contribution in [0.5, 0.6) is 11.5 Å². The van der Waals surface area contributed by atoms with Crippen molar-refractivity contribution in [3.8, 4) is 11.5 Å². The zero-order valence-corrected chi connectivity index (χ0v) is 19.3. The van der Waals surface area contributed by atoms with Gasteiger partial charge in [-0.25, -0.2) is 8.42 Å². The van der Waals surface area contributed by atoms with E-state index in [1.54, 1.807) is 24.3 Å². The van der Waals surface area contributed by atoms with Crippen LogP contribution in [0.15, 0.2) is 41.3 Å². The summed E-state index contributed by atoms with van der Waals surface area (Å²) in [5.41, 5.74) is 1.09. The van der Waals surface area contributed by atoms with Gasteiger partial charge in [0, 0.05) is 18.1 Å². The van der Waals surface area contributed by atoms with E-state index >= 15 is 0 Å². The van der Waals surface area contributed by atoms with Crippen molar-refractivity contribution >= 4 is 33.2 Å². The van der Waals surface area contributed by atoms with Crippen LogP contribution in [0.1, 0.15) is 31.2 Å². The number of amides is 1. The minimum absolute atomic E-state index is 0.125. The summed E-state index contributed by atoms with van der Waals surface area (Å²) in [5.74, 6) is 0.479. The Morgan fingerprint density at radius 2 is 1.74 bits per heavy atom. The van der Waals surface area contributed by atoms with Crippen molar-refractivity contribution in [3.63, 3.8) is 0 Å². The monoisotopic (exact) mass is 466 g/mol. The van der Waals surface area contributed by atoms with Crippen molar-refractivity contribution in [1.82, 2.24) is 4.31 Å². The van der Waals surface area contributed by atoms with Crippen molar-refractivity contribution in [3.05, 3.63) is 47.0 Å². The van der Waals surface area contributed by atoms with Crippen LogP contribution < -0.4 is 14.8 Å². The maximum Gasteiger partial charge on any atom is 0.262 e. The van der Waals surface area contributed by atoms with Crippen LogP contribution in [0.3, 0.4) is 0 Å². The Morgan fingerprint density at radius 3 is 2.39 bits per heavy atom. The molecule has 1 saturated heterocycles. The predicted molar refractivity (Wildman–Crippen MR) is 121 cm³/mol. The third-order valence-electron chi connectivity index (χ3n) is 5.14. The molecule has 1 heterocycles. The number of benzene rings is 2. The van der Waals surface area contributed by atoms with Crippen LogP contribution in [-0.4, -0.2) is 45.4 Å². The molecular weight excluding hydrogens is 440 g/mol. The lowest BCUT2D eigenvalue weighted by molar-refractivity contribution is -0.118. The lowest BCUT2D eigenvalue weighted by Crippen LogP contribution is -2.32. The third-order valence-corrected chi connectivity index (χ3v) is 7.27. The SMILES string of the molecule is COc1ccc(S(=O)(=O)N2CCCCCC2)cc1NC(=O)COc1ccc(Cl)cc1C. The van der Waals surface area contributed by atoms with Crippen LogP contribution in [0.25, 0.3) is 0 Å². The number of carbonyl (C=O) groups excluding carboxylic acids is 1. The van der Waals surface area contributed by atoms with Gasteiger partial charge in [0.2, 0.25) is 10.0 Å². The summed E-state index contributed by atoms with van der Waals surface area (Å²) in [6, 6.07) is 9.61. The van der Waals surface area contributed by atoms with Crippen LogP contribution in [0.2, 0.25) is 5.02 Å². The number of carbonyl (C=O) groups is 1.